The van der Waals surface area contributed by atoms with E-state index in [1.54, 1.807) is 22.0 Å². The number of fused-ring (bicyclic) bond motifs is 4. The number of amides is 1. The number of carbonyl (C=O) groups is 1. The van der Waals surface area contributed by atoms with Gasteiger partial charge in [-0.3, -0.25) is 14.5 Å². The molecule has 212 valence electrons. The molecule has 2 bridgehead atoms. The summed E-state index contributed by atoms with van der Waals surface area (Å²) in [6.07, 6.45) is 5.92. The maximum absolute atomic E-state index is 15.1. The van der Waals surface area contributed by atoms with Crippen molar-refractivity contribution in [1.82, 2.24) is 19.7 Å². The van der Waals surface area contributed by atoms with Gasteiger partial charge < -0.3 is 15.3 Å². The van der Waals surface area contributed by atoms with Crippen LogP contribution in [0.5, 0.6) is 0 Å². The van der Waals surface area contributed by atoms with E-state index in [4.69, 9.17) is 11.6 Å². The maximum Gasteiger partial charge on any atom is 0.271 e. The highest BCUT2D eigenvalue weighted by Crippen LogP contribution is 2.41. The molecular formula is C29H31ClF3N5O2. The minimum atomic E-state index is -3.32. The van der Waals surface area contributed by atoms with E-state index in [9.17, 15) is 18.7 Å². The number of aromatic nitrogens is 3. The summed E-state index contributed by atoms with van der Waals surface area (Å²) in [6.45, 7) is 2.84. The predicted octanol–water partition coefficient (Wildman–Crippen LogP) is 6.29. The second-order valence-electron chi connectivity index (χ2n) is 10.6. The fraction of sp³-hybridized carbons (Fsp3) is 0.414. The molecular weight excluding hydrogens is 543 g/mol. The summed E-state index contributed by atoms with van der Waals surface area (Å²) in [5, 5.41) is 18.0. The number of carbonyl (C=O) groups excluding carboxylic acids is 1. The molecule has 0 spiro atoms. The second-order valence-corrected chi connectivity index (χ2v) is 11.0. The first-order valence-corrected chi connectivity index (χ1v) is 13.6. The van der Waals surface area contributed by atoms with E-state index in [1.807, 2.05) is 26.1 Å². The third-order valence-corrected chi connectivity index (χ3v) is 8.07. The summed E-state index contributed by atoms with van der Waals surface area (Å²) < 4.78 is 45.6. The number of aliphatic hydroxyl groups excluding tert-OH is 1. The lowest BCUT2D eigenvalue weighted by Gasteiger charge is -2.35. The van der Waals surface area contributed by atoms with Gasteiger partial charge in [0.25, 0.3) is 5.92 Å². The van der Waals surface area contributed by atoms with Gasteiger partial charge in [-0.1, -0.05) is 31.0 Å². The number of halogens is 4. The van der Waals surface area contributed by atoms with Crippen molar-refractivity contribution in [3.05, 3.63) is 70.4 Å². The van der Waals surface area contributed by atoms with Crippen molar-refractivity contribution in [2.24, 2.45) is 13.0 Å². The second kappa shape index (κ2) is 10.9. The van der Waals surface area contributed by atoms with Gasteiger partial charge in [0.2, 0.25) is 5.91 Å². The van der Waals surface area contributed by atoms with E-state index >= 15 is 4.39 Å². The highest BCUT2D eigenvalue weighted by Gasteiger charge is 2.35. The Hall–Kier alpha value is -3.37. The molecule has 11 heteroatoms. The molecule has 1 unspecified atom stereocenters. The first-order valence-electron chi connectivity index (χ1n) is 13.3. The topological polar surface area (TPSA) is 83.3 Å². The Morgan fingerprint density at radius 1 is 1.23 bits per heavy atom. The molecule has 4 heterocycles. The van der Waals surface area contributed by atoms with Crippen molar-refractivity contribution >= 4 is 28.8 Å². The highest BCUT2D eigenvalue weighted by atomic mass is 35.5. The van der Waals surface area contributed by atoms with Crippen LogP contribution in [-0.4, -0.2) is 43.5 Å². The average Bonchev–Trinajstić information content (AvgIpc) is 3.26. The van der Waals surface area contributed by atoms with Crippen LogP contribution < -0.4 is 5.32 Å². The largest absolute Gasteiger partial charge is 0.374 e. The molecule has 0 fully saturated rings. The summed E-state index contributed by atoms with van der Waals surface area (Å²) in [5.74, 6) is -4.77. The Morgan fingerprint density at radius 3 is 2.73 bits per heavy atom. The fourth-order valence-corrected chi connectivity index (χ4v) is 5.77. The number of pyridine rings is 1. The van der Waals surface area contributed by atoms with Crippen molar-refractivity contribution in [3.63, 3.8) is 0 Å². The fourth-order valence-electron chi connectivity index (χ4n) is 5.61. The molecule has 2 aliphatic heterocycles. The van der Waals surface area contributed by atoms with Crippen LogP contribution >= 0.6 is 11.6 Å². The number of benzene rings is 1. The molecule has 2 N–H and O–H groups in total. The molecule has 5 rings (SSSR count). The zero-order valence-electron chi connectivity index (χ0n) is 22.5. The average molecular weight is 574 g/mol. The number of nitrogens with zero attached hydrogens (tertiary/aromatic N) is 4. The van der Waals surface area contributed by atoms with Gasteiger partial charge >= 0.3 is 0 Å². The van der Waals surface area contributed by atoms with Crippen molar-refractivity contribution in [2.45, 2.75) is 57.7 Å². The number of hydrogen-bond acceptors (Lipinski definition) is 5. The normalized spacial score (nSPS) is 22.1. The number of hydrogen-bond donors (Lipinski definition) is 2. The number of aryl methyl sites for hydroxylation is 1. The summed E-state index contributed by atoms with van der Waals surface area (Å²) in [4.78, 5) is 19.8. The lowest BCUT2D eigenvalue weighted by Crippen LogP contribution is -2.38. The molecule has 1 amide bonds. The zero-order chi connectivity index (χ0) is 28.8. The first kappa shape index (κ1) is 28.2. The first-order chi connectivity index (χ1) is 19.0. The van der Waals surface area contributed by atoms with E-state index in [0.717, 1.165) is 23.4 Å². The van der Waals surface area contributed by atoms with Crippen LogP contribution in [0, 0.1) is 11.7 Å². The van der Waals surface area contributed by atoms with Crippen LogP contribution in [0.25, 0.3) is 16.8 Å². The number of alkyl halides is 2. The van der Waals surface area contributed by atoms with Gasteiger partial charge in [0.15, 0.2) is 0 Å². The molecule has 2 aromatic heterocycles. The van der Waals surface area contributed by atoms with Crippen molar-refractivity contribution in [2.75, 3.05) is 11.9 Å². The van der Waals surface area contributed by atoms with Gasteiger partial charge in [0.05, 0.1) is 34.3 Å². The maximum atomic E-state index is 15.1. The molecule has 0 saturated carbocycles. The Labute approximate surface area is 235 Å². The molecule has 3 aromatic rings. The van der Waals surface area contributed by atoms with Gasteiger partial charge in [0.1, 0.15) is 12.0 Å². The zero-order valence-corrected chi connectivity index (χ0v) is 23.2. The molecule has 2 aliphatic rings. The van der Waals surface area contributed by atoms with Gasteiger partial charge in [-0.15, -0.1) is 0 Å². The van der Waals surface area contributed by atoms with Crippen molar-refractivity contribution in [1.29, 1.82) is 0 Å². The smallest absolute Gasteiger partial charge is 0.271 e. The minimum Gasteiger partial charge on any atom is -0.374 e. The number of rotatable bonds is 3. The highest BCUT2D eigenvalue weighted by molar-refractivity contribution is 6.31. The number of aliphatic hydroxyl groups is 1. The monoisotopic (exact) mass is 573 g/mol. The Bertz CT molecular complexity index is 1470. The van der Waals surface area contributed by atoms with Gasteiger partial charge in [0, 0.05) is 55.4 Å². The van der Waals surface area contributed by atoms with Gasteiger partial charge in [-0.05, 0) is 43.0 Å². The van der Waals surface area contributed by atoms with Crippen molar-refractivity contribution < 1.29 is 23.1 Å². The molecule has 0 radical (unpaired) electrons. The van der Waals surface area contributed by atoms with Gasteiger partial charge in [-0.2, -0.15) is 5.10 Å². The van der Waals surface area contributed by atoms with Crippen LogP contribution in [0.2, 0.25) is 5.02 Å². The van der Waals surface area contributed by atoms with E-state index in [-0.39, 0.29) is 35.0 Å². The summed E-state index contributed by atoms with van der Waals surface area (Å²) >= 11 is 5.95. The minimum absolute atomic E-state index is 0.0806. The third-order valence-electron chi connectivity index (χ3n) is 7.78. The van der Waals surface area contributed by atoms with Crippen molar-refractivity contribution in [3.8, 4) is 11.3 Å². The summed E-state index contributed by atoms with van der Waals surface area (Å²) in [6, 6.07) is 5.56. The molecule has 7 nitrogen and oxygen atoms in total. The van der Waals surface area contributed by atoms with Gasteiger partial charge in [-0.25, -0.2) is 13.2 Å². The molecule has 0 aliphatic carbocycles. The van der Waals surface area contributed by atoms with E-state index < -0.39 is 35.5 Å². The molecule has 0 saturated heterocycles. The lowest BCUT2D eigenvalue weighted by molar-refractivity contribution is -0.129. The van der Waals surface area contributed by atoms with E-state index in [1.165, 1.54) is 6.08 Å². The van der Waals surface area contributed by atoms with Crippen LogP contribution in [-0.2, 0) is 17.8 Å². The Kier molecular flexibility index (Phi) is 7.67. The molecule has 1 aromatic carbocycles. The van der Waals surface area contributed by atoms with E-state index in [0.29, 0.717) is 37.6 Å². The van der Waals surface area contributed by atoms with Crippen LogP contribution in [0.3, 0.4) is 0 Å². The molecule has 3 atom stereocenters. The lowest BCUT2D eigenvalue weighted by atomic mass is 9.90. The standard InChI is InChI=1S/C29H31ClF3N5O2/c1-16-5-4-6-23(21-13-18(9-11-34-21)27-22(36-28(16)40)15-35-37(27)3)38-12-10-17(14-24(38)39)25-19(29(2,32)33)7-8-20(30)26(25)31/h7-9,11,13-16,23,28,36,40H,4-6,10,12H2,1-3H3/t16-,23+,28?/m1/s1. The quantitative estimate of drug-likeness (QED) is 0.384. The van der Waals surface area contributed by atoms with Crippen LogP contribution in [0.15, 0.2) is 42.7 Å². The van der Waals surface area contributed by atoms with E-state index in [2.05, 4.69) is 15.4 Å². The number of anilines is 1. The van der Waals surface area contributed by atoms with Crippen LogP contribution in [0.1, 0.15) is 62.4 Å². The summed E-state index contributed by atoms with van der Waals surface area (Å²) in [7, 11) is 1.81. The predicted molar refractivity (Wildman–Crippen MR) is 147 cm³/mol. The SMILES string of the molecule is C[C@@H]1CCC[C@H](N2CCC(c3c(C(C)(F)F)ccc(Cl)c3F)=CC2=O)c2cc(ccn2)-c2c(cnn2C)NC1O. The Balaban J connectivity index is 1.54. The third kappa shape index (κ3) is 5.34. The summed E-state index contributed by atoms with van der Waals surface area (Å²) in [5.41, 5.74) is 2.32. The Morgan fingerprint density at radius 2 is 2.00 bits per heavy atom. The van der Waals surface area contributed by atoms with Crippen LogP contribution in [0.4, 0.5) is 18.9 Å². The number of nitrogens with one attached hydrogen (secondary N) is 1. The molecule has 40 heavy (non-hydrogen) atoms.